The number of aliphatic hydroxyl groups is 1. The number of carbonyl (C=O) groups excluding carboxylic acids is 2. The van der Waals surface area contributed by atoms with Crippen molar-refractivity contribution in [3.8, 4) is 0 Å². The SMILES string of the molecule is CC(=O)NC(CC(=O)NCCSCCCO)c1cccs1. The number of thiophene rings is 1. The number of hydrogen-bond acceptors (Lipinski definition) is 5. The molecule has 0 aliphatic carbocycles. The van der Waals surface area contributed by atoms with Gasteiger partial charge in [-0.25, -0.2) is 0 Å². The van der Waals surface area contributed by atoms with Crippen LogP contribution >= 0.6 is 23.1 Å². The van der Waals surface area contributed by atoms with Gasteiger partial charge in [0.1, 0.15) is 0 Å². The molecule has 21 heavy (non-hydrogen) atoms. The van der Waals surface area contributed by atoms with Crippen LogP contribution in [0, 0.1) is 0 Å². The smallest absolute Gasteiger partial charge is 0.222 e. The minimum Gasteiger partial charge on any atom is -0.396 e. The first kappa shape index (κ1) is 18.0. The first-order valence-electron chi connectivity index (χ1n) is 6.89. The van der Waals surface area contributed by atoms with Crippen LogP contribution in [0.3, 0.4) is 0 Å². The minimum absolute atomic E-state index is 0.0649. The van der Waals surface area contributed by atoms with E-state index in [1.165, 1.54) is 18.3 Å². The van der Waals surface area contributed by atoms with E-state index < -0.39 is 0 Å². The van der Waals surface area contributed by atoms with Crippen molar-refractivity contribution in [1.82, 2.24) is 10.6 Å². The first-order chi connectivity index (χ1) is 10.1. The summed E-state index contributed by atoms with van der Waals surface area (Å²) >= 11 is 3.23. The van der Waals surface area contributed by atoms with Gasteiger partial charge in [0.05, 0.1) is 12.5 Å². The number of aliphatic hydroxyl groups excluding tert-OH is 1. The van der Waals surface area contributed by atoms with E-state index in [1.54, 1.807) is 11.8 Å². The van der Waals surface area contributed by atoms with Crippen molar-refractivity contribution in [3.63, 3.8) is 0 Å². The molecule has 1 rings (SSSR count). The van der Waals surface area contributed by atoms with Crippen molar-refractivity contribution >= 4 is 34.9 Å². The van der Waals surface area contributed by atoms with Crippen LogP contribution in [0.1, 0.15) is 30.7 Å². The summed E-state index contributed by atoms with van der Waals surface area (Å²) in [6.07, 6.45) is 1.03. The lowest BCUT2D eigenvalue weighted by Crippen LogP contribution is -2.33. The molecule has 1 unspecified atom stereocenters. The van der Waals surface area contributed by atoms with Crippen molar-refractivity contribution in [2.24, 2.45) is 0 Å². The Bertz CT molecular complexity index is 424. The summed E-state index contributed by atoms with van der Waals surface area (Å²) in [5.41, 5.74) is 0. The van der Waals surface area contributed by atoms with E-state index in [9.17, 15) is 9.59 Å². The topological polar surface area (TPSA) is 78.4 Å². The second-order valence-corrected chi connectivity index (χ2v) is 6.72. The maximum Gasteiger partial charge on any atom is 0.222 e. The molecule has 0 saturated carbocycles. The van der Waals surface area contributed by atoms with Crippen LogP contribution in [-0.2, 0) is 9.59 Å². The van der Waals surface area contributed by atoms with E-state index in [2.05, 4.69) is 10.6 Å². The second kappa shape index (κ2) is 10.6. The zero-order chi connectivity index (χ0) is 15.5. The maximum atomic E-state index is 11.9. The molecule has 0 fully saturated rings. The molecular formula is C14H22N2O3S2. The number of nitrogens with one attached hydrogen (secondary N) is 2. The van der Waals surface area contributed by atoms with E-state index in [0.29, 0.717) is 6.54 Å². The lowest BCUT2D eigenvalue weighted by molar-refractivity contribution is -0.122. The van der Waals surface area contributed by atoms with Crippen LogP contribution in [0.25, 0.3) is 0 Å². The largest absolute Gasteiger partial charge is 0.396 e. The summed E-state index contributed by atoms with van der Waals surface area (Å²) in [5.74, 6) is 1.52. The van der Waals surface area contributed by atoms with Gasteiger partial charge in [-0.3, -0.25) is 9.59 Å². The third kappa shape index (κ3) is 8.08. The van der Waals surface area contributed by atoms with Gasteiger partial charge in [-0.2, -0.15) is 11.8 Å². The Labute approximate surface area is 133 Å². The molecule has 0 aromatic carbocycles. The Kier molecular flexibility index (Phi) is 9.12. The van der Waals surface area contributed by atoms with Gasteiger partial charge in [-0.15, -0.1) is 11.3 Å². The molecular weight excluding hydrogens is 308 g/mol. The van der Waals surface area contributed by atoms with E-state index in [1.807, 2.05) is 17.5 Å². The fraction of sp³-hybridized carbons (Fsp3) is 0.571. The third-order valence-corrected chi connectivity index (χ3v) is 4.73. The summed E-state index contributed by atoms with van der Waals surface area (Å²) in [6.45, 7) is 2.26. The van der Waals surface area contributed by atoms with Crippen LogP contribution in [-0.4, -0.2) is 41.6 Å². The van der Waals surface area contributed by atoms with Crippen LogP contribution in [0.15, 0.2) is 17.5 Å². The molecule has 0 radical (unpaired) electrons. The molecule has 1 aromatic rings. The molecule has 0 spiro atoms. The number of carbonyl (C=O) groups is 2. The van der Waals surface area contributed by atoms with Gasteiger partial charge in [0.25, 0.3) is 0 Å². The van der Waals surface area contributed by atoms with E-state index >= 15 is 0 Å². The Morgan fingerprint density at radius 3 is 2.86 bits per heavy atom. The predicted molar refractivity (Wildman–Crippen MR) is 87.5 cm³/mol. The highest BCUT2D eigenvalue weighted by Gasteiger charge is 2.17. The Morgan fingerprint density at radius 1 is 1.43 bits per heavy atom. The van der Waals surface area contributed by atoms with Crippen LogP contribution in [0.2, 0.25) is 0 Å². The highest BCUT2D eigenvalue weighted by molar-refractivity contribution is 7.99. The molecule has 1 heterocycles. The average molecular weight is 330 g/mol. The van der Waals surface area contributed by atoms with Gasteiger partial charge in [-0.1, -0.05) is 6.07 Å². The predicted octanol–water partition coefficient (Wildman–Crippen LogP) is 1.55. The summed E-state index contributed by atoms with van der Waals surface area (Å²) in [6, 6.07) is 3.57. The fourth-order valence-corrected chi connectivity index (χ4v) is 3.31. The first-order valence-corrected chi connectivity index (χ1v) is 8.92. The Hall–Kier alpha value is -1.05. The second-order valence-electron chi connectivity index (χ2n) is 4.51. The number of thioether (sulfide) groups is 1. The van der Waals surface area contributed by atoms with Gasteiger partial charge in [-0.05, 0) is 23.6 Å². The number of hydrogen-bond donors (Lipinski definition) is 3. The maximum absolute atomic E-state index is 11.9. The van der Waals surface area contributed by atoms with E-state index in [4.69, 9.17) is 5.11 Å². The molecule has 0 aliphatic rings. The standard InChI is InChI=1S/C14H22N2O3S2/c1-11(18)16-12(13-4-2-8-21-13)10-14(19)15-5-9-20-7-3-6-17/h2,4,8,12,17H,3,5-7,9-10H2,1H3,(H,15,19)(H,16,18). The molecule has 7 heteroatoms. The van der Waals surface area contributed by atoms with Crippen molar-refractivity contribution in [1.29, 1.82) is 0 Å². The zero-order valence-corrected chi connectivity index (χ0v) is 13.8. The third-order valence-electron chi connectivity index (χ3n) is 2.67. The van der Waals surface area contributed by atoms with Gasteiger partial charge in [0, 0.05) is 30.7 Å². The molecule has 3 N–H and O–H groups in total. The number of amides is 2. The Balaban J connectivity index is 2.30. The molecule has 0 aliphatic heterocycles. The molecule has 118 valence electrons. The molecule has 5 nitrogen and oxygen atoms in total. The van der Waals surface area contributed by atoms with Crippen molar-refractivity contribution in [3.05, 3.63) is 22.4 Å². The van der Waals surface area contributed by atoms with Crippen LogP contribution < -0.4 is 10.6 Å². The van der Waals surface area contributed by atoms with E-state index in [0.717, 1.165) is 22.8 Å². The summed E-state index contributed by atoms with van der Waals surface area (Å²) < 4.78 is 0. The van der Waals surface area contributed by atoms with Crippen LogP contribution in [0.5, 0.6) is 0 Å². The van der Waals surface area contributed by atoms with Crippen LogP contribution in [0.4, 0.5) is 0 Å². The minimum atomic E-state index is -0.260. The van der Waals surface area contributed by atoms with Crippen molar-refractivity contribution in [2.45, 2.75) is 25.8 Å². The molecule has 0 saturated heterocycles. The molecule has 0 bridgehead atoms. The average Bonchev–Trinajstić information content (AvgIpc) is 2.95. The molecule has 2 amide bonds. The van der Waals surface area contributed by atoms with Gasteiger partial charge in [0.15, 0.2) is 0 Å². The zero-order valence-electron chi connectivity index (χ0n) is 12.1. The molecule has 1 atom stereocenters. The van der Waals surface area contributed by atoms with Crippen molar-refractivity contribution < 1.29 is 14.7 Å². The highest BCUT2D eigenvalue weighted by atomic mass is 32.2. The summed E-state index contributed by atoms with van der Waals surface area (Å²) in [7, 11) is 0. The normalized spacial score (nSPS) is 11.9. The summed E-state index contributed by atoms with van der Waals surface area (Å²) in [5, 5.41) is 16.3. The van der Waals surface area contributed by atoms with Gasteiger partial charge >= 0.3 is 0 Å². The summed E-state index contributed by atoms with van der Waals surface area (Å²) in [4.78, 5) is 24.1. The van der Waals surface area contributed by atoms with Gasteiger partial charge in [0.2, 0.25) is 11.8 Å². The highest BCUT2D eigenvalue weighted by Crippen LogP contribution is 2.21. The monoisotopic (exact) mass is 330 g/mol. The molecule has 1 aromatic heterocycles. The lowest BCUT2D eigenvalue weighted by atomic mass is 10.1. The lowest BCUT2D eigenvalue weighted by Gasteiger charge is -2.16. The van der Waals surface area contributed by atoms with E-state index in [-0.39, 0.29) is 30.9 Å². The quantitative estimate of drug-likeness (QED) is 0.569. The number of rotatable bonds is 10. The van der Waals surface area contributed by atoms with Gasteiger partial charge < -0.3 is 15.7 Å². The Morgan fingerprint density at radius 2 is 2.24 bits per heavy atom. The van der Waals surface area contributed by atoms with Crippen molar-refractivity contribution in [2.75, 3.05) is 24.7 Å². The fourth-order valence-electron chi connectivity index (χ4n) is 1.75.